The normalized spacial score (nSPS) is 14.2. The maximum atomic E-state index is 5.21. The van der Waals surface area contributed by atoms with E-state index in [-0.39, 0.29) is 0 Å². The van der Waals surface area contributed by atoms with Crippen LogP contribution in [-0.2, 0) is 11.3 Å². The molecule has 0 unspecified atom stereocenters. The molecule has 21 heavy (non-hydrogen) atoms. The zero-order valence-electron chi connectivity index (χ0n) is 12.2. The minimum Gasteiger partial charge on any atom is -0.378 e. The van der Waals surface area contributed by atoms with E-state index in [9.17, 15) is 0 Å². The van der Waals surface area contributed by atoms with E-state index in [4.69, 9.17) is 4.74 Å². The van der Waals surface area contributed by atoms with Gasteiger partial charge in [0.2, 0.25) is 0 Å². The van der Waals surface area contributed by atoms with Gasteiger partial charge in [-0.3, -0.25) is 0 Å². The number of aromatic nitrogens is 2. The summed E-state index contributed by atoms with van der Waals surface area (Å²) in [6, 6.07) is 8.58. The lowest BCUT2D eigenvalue weighted by molar-refractivity contribution is 0.181. The number of halogens is 1. The Balaban J connectivity index is 1.97. The number of rotatable bonds is 5. The quantitative estimate of drug-likeness (QED) is 0.888. The van der Waals surface area contributed by atoms with Crippen LogP contribution in [-0.4, -0.2) is 24.1 Å². The molecule has 1 aromatic carbocycles. The molecule has 1 aliphatic rings. The van der Waals surface area contributed by atoms with Crippen molar-refractivity contribution in [1.82, 2.24) is 9.97 Å². The Morgan fingerprint density at radius 1 is 1.24 bits per heavy atom. The molecule has 1 aliphatic carbocycles. The number of benzene rings is 1. The Kier molecular flexibility index (Phi) is 4.22. The third-order valence-electron chi connectivity index (χ3n) is 3.66. The molecule has 1 N–H and O–H groups in total. The van der Waals surface area contributed by atoms with E-state index in [2.05, 4.69) is 55.5 Å². The Labute approximate surface area is 133 Å². The van der Waals surface area contributed by atoms with E-state index in [0.29, 0.717) is 6.61 Å². The van der Waals surface area contributed by atoms with Crippen LogP contribution in [0.1, 0.15) is 30.0 Å². The molecule has 4 nitrogen and oxygen atoms in total. The van der Waals surface area contributed by atoms with Gasteiger partial charge in [-0.05, 0) is 40.3 Å². The Hall–Kier alpha value is -1.46. The van der Waals surface area contributed by atoms with Crippen LogP contribution in [0.25, 0.3) is 11.4 Å². The summed E-state index contributed by atoms with van der Waals surface area (Å²) < 4.78 is 6.06. The van der Waals surface area contributed by atoms with Gasteiger partial charge in [0.25, 0.3) is 0 Å². The van der Waals surface area contributed by atoms with Gasteiger partial charge in [0, 0.05) is 19.7 Å². The minimum absolute atomic E-state index is 0.449. The molecule has 5 heteroatoms. The topological polar surface area (TPSA) is 47.0 Å². The smallest absolute Gasteiger partial charge is 0.161 e. The number of nitrogens with one attached hydrogen (secondary N) is 1. The summed E-state index contributed by atoms with van der Waals surface area (Å²) in [7, 11) is 3.52. The number of anilines is 1. The van der Waals surface area contributed by atoms with Crippen molar-refractivity contribution >= 4 is 21.7 Å². The highest BCUT2D eigenvalue weighted by molar-refractivity contribution is 9.10. The van der Waals surface area contributed by atoms with E-state index in [1.165, 1.54) is 18.4 Å². The first-order valence-corrected chi connectivity index (χ1v) is 7.85. The molecule has 0 amide bonds. The van der Waals surface area contributed by atoms with E-state index >= 15 is 0 Å². The van der Waals surface area contributed by atoms with E-state index in [1.54, 1.807) is 7.11 Å². The highest BCUT2D eigenvalue weighted by atomic mass is 79.9. The second kappa shape index (κ2) is 6.12. The third kappa shape index (κ3) is 3.09. The standard InChI is InChI=1S/C16H18BrN3O/c1-18-16-14(17)13(9-21-2)19-15(20-16)12-7-5-11(6-8-12)10-3-4-10/h5-8,10H,3-4,9H2,1-2H3,(H,18,19,20). The summed E-state index contributed by atoms with van der Waals surface area (Å²) in [4.78, 5) is 9.18. The molecule has 1 aromatic heterocycles. The average molecular weight is 348 g/mol. The molecule has 0 atom stereocenters. The monoisotopic (exact) mass is 347 g/mol. The van der Waals surface area contributed by atoms with Crippen LogP contribution in [0.2, 0.25) is 0 Å². The van der Waals surface area contributed by atoms with Crippen LogP contribution in [0.15, 0.2) is 28.7 Å². The zero-order chi connectivity index (χ0) is 14.8. The van der Waals surface area contributed by atoms with Crippen molar-refractivity contribution in [2.75, 3.05) is 19.5 Å². The summed E-state index contributed by atoms with van der Waals surface area (Å²) in [5, 5.41) is 3.09. The van der Waals surface area contributed by atoms with E-state index in [1.807, 2.05) is 7.05 Å². The van der Waals surface area contributed by atoms with Crippen molar-refractivity contribution in [3.8, 4) is 11.4 Å². The fourth-order valence-corrected chi connectivity index (χ4v) is 2.83. The molecule has 0 spiro atoms. The lowest BCUT2D eigenvalue weighted by atomic mass is 10.1. The highest BCUT2D eigenvalue weighted by Crippen LogP contribution is 2.40. The molecule has 0 bridgehead atoms. The first kappa shape index (κ1) is 14.5. The Morgan fingerprint density at radius 3 is 2.52 bits per heavy atom. The third-order valence-corrected chi connectivity index (χ3v) is 4.49. The van der Waals surface area contributed by atoms with Gasteiger partial charge in [-0.1, -0.05) is 24.3 Å². The van der Waals surface area contributed by atoms with Crippen LogP contribution >= 0.6 is 15.9 Å². The van der Waals surface area contributed by atoms with Gasteiger partial charge < -0.3 is 10.1 Å². The molecule has 0 radical (unpaired) electrons. The predicted molar refractivity (Wildman–Crippen MR) is 87.4 cm³/mol. The maximum Gasteiger partial charge on any atom is 0.161 e. The Morgan fingerprint density at radius 2 is 1.95 bits per heavy atom. The fourth-order valence-electron chi connectivity index (χ4n) is 2.34. The molecule has 1 heterocycles. The number of hydrogen-bond acceptors (Lipinski definition) is 4. The summed E-state index contributed by atoms with van der Waals surface area (Å²) in [6.07, 6.45) is 2.63. The summed E-state index contributed by atoms with van der Waals surface area (Å²) in [5.74, 6) is 2.26. The molecule has 0 aliphatic heterocycles. The summed E-state index contributed by atoms with van der Waals surface area (Å²) >= 11 is 3.52. The number of methoxy groups -OCH3 is 1. The molecule has 0 saturated heterocycles. The first-order chi connectivity index (χ1) is 10.2. The van der Waals surface area contributed by atoms with Crippen LogP contribution in [0.3, 0.4) is 0 Å². The molecular formula is C16H18BrN3O. The van der Waals surface area contributed by atoms with Crippen molar-refractivity contribution in [3.63, 3.8) is 0 Å². The van der Waals surface area contributed by atoms with Crippen LogP contribution < -0.4 is 5.32 Å². The molecule has 3 rings (SSSR count). The van der Waals surface area contributed by atoms with E-state index < -0.39 is 0 Å². The second-order valence-corrected chi connectivity index (χ2v) is 6.03. The second-order valence-electron chi connectivity index (χ2n) is 5.24. The van der Waals surface area contributed by atoms with Gasteiger partial charge in [0.1, 0.15) is 5.82 Å². The molecule has 1 fully saturated rings. The van der Waals surface area contributed by atoms with Crippen LogP contribution in [0.4, 0.5) is 5.82 Å². The van der Waals surface area contributed by atoms with Gasteiger partial charge in [-0.25, -0.2) is 9.97 Å². The van der Waals surface area contributed by atoms with Gasteiger partial charge in [0.15, 0.2) is 5.82 Å². The Bertz CT molecular complexity index is 639. The van der Waals surface area contributed by atoms with Crippen molar-refractivity contribution < 1.29 is 4.74 Å². The SMILES string of the molecule is CNc1nc(-c2ccc(C3CC3)cc2)nc(COC)c1Br. The first-order valence-electron chi connectivity index (χ1n) is 7.06. The largest absolute Gasteiger partial charge is 0.378 e. The molecule has 1 saturated carbocycles. The fraction of sp³-hybridized carbons (Fsp3) is 0.375. The van der Waals surface area contributed by atoms with Crippen molar-refractivity contribution in [3.05, 3.63) is 40.0 Å². The van der Waals surface area contributed by atoms with Gasteiger partial charge >= 0.3 is 0 Å². The minimum atomic E-state index is 0.449. The summed E-state index contributed by atoms with van der Waals surface area (Å²) in [5.41, 5.74) is 3.29. The van der Waals surface area contributed by atoms with E-state index in [0.717, 1.165) is 33.3 Å². The lowest BCUT2D eigenvalue weighted by Gasteiger charge is -2.11. The average Bonchev–Trinajstić information content (AvgIpc) is 3.34. The van der Waals surface area contributed by atoms with Gasteiger partial charge in [0.05, 0.1) is 16.8 Å². The van der Waals surface area contributed by atoms with Gasteiger partial charge in [-0.2, -0.15) is 0 Å². The molecular weight excluding hydrogens is 330 g/mol. The van der Waals surface area contributed by atoms with Crippen LogP contribution in [0.5, 0.6) is 0 Å². The molecule has 2 aromatic rings. The number of nitrogens with zero attached hydrogens (tertiary/aromatic N) is 2. The van der Waals surface area contributed by atoms with Crippen molar-refractivity contribution in [1.29, 1.82) is 0 Å². The predicted octanol–water partition coefficient (Wildman–Crippen LogP) is 3.97. The summed E-state index contributed by atoms with van der Waals surface area (Å²) in [6.45, 7) is 0.449. The maximum absolute atomic E-state index is 5.21. The number of hydrogen-bond donors (Lipinski definition) is 1. The lowest BCUT2D eigenvalue weighted by Crippen LogP contribution is -2.04. The van der Waals surface area contributed by atoms with Crippen molar-refractivity contribution in [2.45, 2.75) is 25.4 Å². The highest BCUT2D eigenvalue weighted by Gasteiger charge is 2.23. The van der Waals surface area contributed by atoms with Crippen molar-refractivity contribution in [2.24, 2.45) is 0 Å². The van der Waals surface area contributed by atoms with Crippen LogP contribution in [0, 0.1) is 0 Å². The number of ether oxygens (including phenoxy) is 1. The van der Waals surface area contributed by atoms with Gasteiger partial charge in [-0.15, -0.1) is 0 Å². The zero-order valence-corrected chi connectivity index (χ0v) is 13.8. The molecule has 110 valence electrons.